The van der Waals surface area contributed by atoms with E-state index in [1.54, 1.807) is 6.92 Å². The minimum Gasteiger partial charge on any atom is -0.393 e. The Hall–Kier alpha value is 0.697. The van der Waals surface area contributed by atoms with E-state index in [9.17, 15) is 9.90 Å². The average Bonchev–Trinajstić information content (AvgIpc) is 2.41. The number of aliphatic hydroxyl groups is 1. The first-order chi connectivity index (χ1) is 10.4. The fourth-order valence-corrected chi connectivity index (χ4v) is 8.64. The first kappa shape index (κ1) is 21.7. The predicted octanol–water partition coefficient (Wildman–Crippen LogP) is 4.33. The zero-order chi connectivity index (χ0) is 18.2. The molecule has 1 amide bonds. The highest BCUT2D eigenvalue weighted by Gasteiger charge is 2.59. The van der Waals surface area contributed by atoms with Crippen molar-refractivity contribution in [2.75, 3.05) is 18.8 Å². The van der Waals surface area contributed by atoms with E-state index < -0.39 is 14.3 Å². The van der Waals surface area contributed by atoms with Gasteiger partial charge in [-0.25, -0.2) is 0 Å². The molecule has 23 heavy (non-hydrogen) atoms. The third-order valence-corrected chi connectivity index (χ3v) is 16.4. The molecule has 0 aromatic rings. The lowest BCUT2D eigenvalue weighted by atomic mass is 9.84. The SMILES string of the molecule is CSC(C[C@@H]1[C@H]([C@@H](C)O)C(=O)N1[Si](C)(C)C(C)(C)C)(SC)SC. The van der Waals surface area contributed by atoms with Crippen molar-refractivity contribution in [2.45, 2.75) is 67.8 Å². The summed E-state index contributed by atoms with van der Waals surface area (Å²) in [7, 11) is -1.93. The maximum absolute atomic E-state index is 12.8. The van der Waals surface area contributed by atoms with E-state index in [0.29, 0.717) is 0 Å². The number of β-lactam (4-membered cyclic amide) rings is 1. The molecular weight excluding hydrogens is 362 g/mol. The second kappa shape index (κ2) is 7.52. The molecule has 0 aliphatic carbocycles. The lowest BCUT2D eigenvalue weighted by Crippen LogP contribution is -2.75. The van der Waals surface area contributed by atoms with Crippen molar-refractivity contribution >= 4 is 49.4 Å². The first-order valence-electron chi connectivity index (χ1n) is 8.05. The Bertz CT molecular complexity index is 425. The van der Waals surface area contributed by atoms with Gasteiger partial charge in [-0.1, -0.05) is 33.9 Å². The number of nitrogens with zero attached hydrogens (tertiary/aromatic N) is 1. The van der Waals surface area contributed by atoms with Gasteiger partial charge in [0, 0.05) is 12.5 Å². The van der Waals surface area contributed by atoms with Gasteiger partial charge in [0.15, 0.2) is 8.24 Å². The molecule has 0 spiro atoms. The minimum absolute atomic E-state index is 0.0408. The quantitative estimate of drug-likeness (QED) is 0.395. The summed E-state index contributed by atoms with van der Waals surface area (Å²) in [6.07, 6.45) is 6.77. The number of amides is 1. The van der Waals surface area contributed by atoms with Gasteiger partial charge in [-0.15, -0.1) is 35.3 Å². The predicted molar refractivity (Wildman–Crippen MR) is 111 cm³/mol. The van der Waals surface area contributed by atoms with Crippen LogP contribution >= 0.6 is 35.3 Å². The third-order valence-electron chi connectivity index (χ3n) is 5.62. The summed E-state index contributed by atoms with van der Waals surface area (Å²) in [5.41, 5.74) is 0. The maximum atomic E-state index is 12.8. The fraction of sp³-hybridized carbons (Fsp3) is 0.938. The van der Waals surface area contributed by atoms with Crippen molar-refractivity contribution in [3.8, 4) is 0 Å². The first-order valence-corrected chi connectivity index (χ1v) is 14.7. The molecule has 7 heteroatoms. The Labute approximate surface area is 156 Å². The van der Waals surface area contributed by atoms with Gasteiger partial charge in [0.1, 0.15) is 3.41 Å². The van der Waals surface area contributed by atoms with Crippen LogP contribution in [0.4, 0.5) is 0 Å². The Morgan fingerprint density at radius 1 is 1.17 bits per heavy atom. The van der Waals surface area contributed by atoms with Crippen LogP contribution in [-0.2, 0) is 4.79 Å². The van der Waals surface area contributed by atoms with Crippen LogP contribution in [0.1, 0.15) is 34.1 Å². The minimum atomic E-state index is -1.93. The van der Waals surface area contributed by atoms with Crippen molar-refractivity contribution in [1.82, 2.24) is 4.57 Å². The van der Waals surface area contributed by atoms with Gasteiger partial charge in [-0.2, -0.15) is 0 Å². The van der Waals surface area contributed by atoms with Crippen LogP contribution in [0.15, 0.2) is 0 Å². The second-order valence-corrected chi connectivity index (χ2v) is 17.0. The number of carbonyl (C=O) groups excluding carboxylic acids is 1. The summed E-state index contributed by atoms with van der Waals surface area (Å²) in [4.78, 5) is 12.8. The summed E-state index contributed by atoms with van der Waals surface area (Å²) in [6.45, 7) is 13.1. The third kappa shape index (κ3) is 3.94. The Morgan fingerprint density at radius 3 is 1.91 bits per heavy atom. The molecule has 1 saturated heterocycles. The smallest absolute Gasteiger partial charge is 0.222 e. The van der Waals surface area contributed by atoms with Crippen LogP contribution in [0.2, 0.25) is 18.1 Å². The normalized spacial score (nSPS) is 24.6. The zero-order valence-electron chi connectivity index (χ0n) is 16.0. The Balaban J connectivity index is 3.19. The van der Waals surface area contributed by atoms with Gasteiger partial charge >= 0.3 is 0 Å². The number of hydrogen-bond donors (Lipinski definition) is 1. The summed E-state index contributed by atoms with van der Waals surface area (Å²) in [5.74, 6) is -0.0799. The second-order valence-electron chi connectivity index (χ2n) is 7.85. The van der Waals surface area contributed by atoms with E-state index in [-0.39, 0.29) is 26.3 Å². The van der Waals surface area contributed by atoms with Crippen molar-refractivity contribution in [3.63, 3.8) is 0 Å². The van der Waals surface area contributed by atoms with Crippen molar-refractivity contribution in [3.05, 3.63) is 0 Å². The molecule has 1 aliphatic heterocycles. The van der Waals surface area contributed by atoms with E-state index in [2.05, 4.69) is 57.2 Å². The van der Waals surface area contributed by atoms with Gasteiger partial charge in [-0.3, -0.25) is 4.79 Å². The van der Waals surface area contributed by atoms with Crippen LogP contribution < -0.4 is 0 Å². The number of thioether (sulfide) groups is 3. The number of carbonyl (C=O) groups is 1. The van der Waals surface area contributed by atoms with Crippen LogP contribution in [-0.4, -0.2) is 58.1 Å². The molecule has 136 valence electrons. The average molecular weight is 396 g/mol. The summed E-state index contributed by atoms with van der Waals surface area (Å²) in [5, 5.41) is 10.3. The molecular formula is C16H33NO2S3Si. The van der Waals surface area contributed by atoms with Crippen molar-refractivity contribution in [1.29, 1.82) is 0 Å². The molecule has 0 aromatic heterocycles. The van der Waals surface area contributed by atoms with Gasteiger partial charge in [0.05, 0.1) is 12.0 Å². The van der Waals surface area contributed by atoms with E-state index in [0.717, 1.165) is 6.42 Å². The van der Waals surface area contributed by atoms with E-state index in [1.807, 2.05) is 35.3 Å². The standard InChI is InChI=1S/C16H33NO2S3Si/c1-11(18)13-12(10-16(20-5,21-6)22-7)17(14(13)19)23(8,9)15(2,3)4/h11-13,18H,10H2,1-9H3/t11-,12-,13+/m1/s1. The lowest BCUT2D eigenvalue weighted by molar-refractivity contribution is -0.155. The molecule has 0 unspecified atom stereocenters. The molecule has 1 rings (SSSR count). The van der Waals surface area contributed by atoms with E-state index >= 15 is 0 Å². The number of hydrogen-bond acceptors (Lipinski definition) is 5. The zero-order valence-corrected chi connectivity index (χ0v) is 19.4. The molecule has 0 radical (unpaired) electrons. The van der Waals surface area contributed by atoms with Crippen LogP contribution in [0.25, 0.3) is 0 Å². The van der Waals surface area contributed by atoms with E-state index in [4.69, 9.17) is 0 Å². The monoisotopic (exact) mass is 395 g/mol. The van der Waals surface area contributed by atoms with Gasteiger partial charge in [0.25, 0.3) is 0 Å². The summed E-state index contributed by atoms with van der Waals surface area (Å²) in [6, 6.07) is 0.149. The fourth-order valence-electron chi connectivity index (χ4n) is 3.12. The highest BCUT2D eigenvalue weighted by Crippen LogP contribution is 2.53. The molecule has 1 N–H and O–H groups in total. The Kier molecular flexibility index (Phi) is 7.11. The summed E-state index contributed by atoms with van der Waals surface area (Å²) < 4.78 is 2.22. The highest BCUT2D eigenvalue weighted by atomic mass is 32.3. The van der Waals surface area contributed by atoms with Crippen LogP contribution in [0.3, 0.4) is 0 Å². The van der Waals surface area contributed by atoms with Crippen molar-refractivity contribution in [2.24, 2.45) is 5.92 Å². The largest absolute Gasteiger partial charge is 0.393 e. The highest BCUT2D eigenvalue weighted by molar-refractivity contribution is 8.33. The summed E-state index contributed by atoms with van der Waals surface area (Å²) >= 11 is 5.56. The van der Waals surface area contributed by atoms with Crippen LogP contribution in [0, 0.1) is 5.92 Å². The van der Waals surface area contributed by atoms with Gasteiger partial charge in [-0.05, 0) is 30.7 Å². The molecule has 0 bridgehead atoms. The van der Waals surface area contributed by atoms with Crippen molar-refractivity contribution < 1.29 is 9.90 Å². The topological polar surface area (TPSA) is 40.5 Å². The Morgan fingerprint density at radius 2 is 1.61 bits per heavy atom. The number of rotatable bonds is 7. The van der Waals surface area contributed by atoms with Gasteiger partial charge < -0.3 is 9.67 Å². The lowest BCUT2D eigenvalue weighted by Gasteiger charge is -2.60. The van der Waals surface area contributed by atoms with E-state index in [1.165, 1.54) is 0 Å². The molecule has 1 fully saturated rings. The molecule has 0 aromatic carbocycles. The number of aliphatic hydroxyl groups excluding tert-OH is 1. The molecule has 1 aliphatic rings. The molecule has 3 nitrogen and oxygen atoms in total. The van der Waals surface area contributed by atoms with Crippen LogP contribution in [0.5, 0.6) is 0 Å². The maximum Gasteiger partial charge on any atom is 0.222 e. The van der Waals surface area contributed by atoms with Gasteiger partial charge in [0.2, 0.25) is 5.91 Å². The molecule has 0 saturated carbocycles. The molecule has 3 atom stereocenters. The molecule has 1 heterocycles.